The average Bonchev–Trinajstić information content (AvgIpc) is 2.49. The van der Waals surface area contributed by atoms with Crippen molar-refractivity contribution >= 4 is 35.0 Å². The number of imide groups is 1. The monoisotopic (exact) mass is 334 g/mol. The third-order valence-corrected chi connectivity index (χ3v) is 3.32. The molecule has 1 atom stereocenters. The van der Waals surface area contributed by atoms with Gasteiger partial charge in [-0.3, -0.25) is 34.6 Å². The van der Waals surface area contributed by atoms with E-state index in [1.807, 2.05) is 0 Å². The normalized spacial score (nSPS) is 17.0. The van der Waals surface area contributed by atoms with Crippen molar-refractivity contribution in [2.24, 2.45) is 0 Å². The zero-order valence-corrected chi connectivity index (χ0v) is 12.6. The molecule has 2 rings (SSSR count). The summed E-state index contributed by atoms with van der Waals surface area (Å²) in [5.74, 6) is -2.53. The van der Waals surface area contributed by atoms with Gasteiger partial charge in [-0.1, -0.05) is 6.07 Å². The van der Waals surface area contributed by atoms with Crippen molar-refractivity contribution in [3.63, 3.8) is 0 Å². The number of nitrogens with one attached hydrogen (secondary N) is 3. The third kappa shape index (κ3) is 3.72. The van der Waals surface area contributed by atoms with E-state index in [4.69, 9.17) is 0 Å². The Morgan fingerprint density at radius 3 is 2.62 bits per heavy atom. The highest BCUT2D eigenvalue weighted by atomic mass is 16.6. The highest BCUT2D eigenvalue weighted by molar-refractivity contribution is 6.09. The Balaban J connectivity index is 2.33. The Morgan fingerprint density at radius 2 is 2.04 bits per heavy atom. The van der Waals surface area contributed by atoms with Crippen molar-refractivity contribution in [1.29, 1.82) is 0 Å². The van der Waals surface area contributed by atoms with Crippen LogP contribution in [0.3, 0.4) is 0 Å². The van der Waals surface area contributed by atoms with Crippen LogP contribution in [0.5, 0.6) is 0 Å². The standard InChI is InChI=1S/C14H14N4O6/c1-7(19)15-8-3-2-4-10(18(23)24)12(8)14(22)16-9-5-6-11(20)17-13(9)21/h2-4,9H,5-6H2,1H3,(H,15,19)(H,16,22)(H,17,20,21)/t9-/m1/s1. The van der Waals surface area contributed by atoms with E-state index in [9.17, 15) is 29.3 Å². The molecule has 24 heavy (non-hydrogen) atoms. The van der Waals surface area contributed by atoms with E-state index >= 15 is 0 Å². The second kappa shape index (κ2) is 6.86. The van der Waals surface area contributed by atoms with Crippen LogP contribution >= 0.6 is 0 Å². The first-order valence-electron chi connectivity index (χ1n) is 6.99. The molecule has 1 heterocycles. The fourth-order valence-electron chi connectivity index (χ4n) is 2.29. The van der Waals surface area contributed by atoms with Crippen LogP contribution < -0.4 is 16.0 Å². The van der Waals surface area contributed by atoms with Crippen LogP contribution in [0.2, 0.25) is 0 Å². The van der Waals surface area contributed by atoms with Crippen LogP contribution in [0.25, 0.3) is 0 Å². The van der Waals surface area contributed by atoms with Crippen LogP contribution in [-0.4, -0.2) is 34.6 Å². The lowest BCUT2D eigenvalue weighted by atomic mass is 10.0. The Labute approximate surface area is 135 Å². The number of nitro benzene ring substituents is 1. The first-order valence-corrected chi connectivity index (χ1v) is 6.99. The van der Waals surface area contributed by atoms with E-state index in [0.29, 0.717) is 0 Å². The van der Waals surface area contributed by atoms with Crippen molar-refractivity contribution in [2.45, 2.75) is 25.8 Å². The smallest absolute Gasteiger partial charge is 0.284 e. The number of piperidine rings is 1. The number of carbonyl (C=O) groups is 4. The molecule has 1 fully saturated rings. The molecule has 0 bridgehead atoms. The molecular weight excluding hydrogens is 320 g/mol. The number of anilines is 1. The van der Waals surface area contributed by atoms with Gasteiger partial charge in [0.25, 0.3) is 11.6 Å². The molecule has 1 saturated heterocycles. The van der Waals surface area contributed by atoms with Gasteiger partial charge in [0.05, 0.1) is 10.6 Å². The minimum absolute atomic E-state index is 0.0403. The molecule has 1 aromatic carbocycles. The van der Waals surface area contributed by atoms with Gasteiger partial charge in [-0.2, -0.15) is 0 Å². The number of nitrogens with zero attached hydrogens (tertiary/aromatic N) is 1. The minimum Gasteiger partial charge on any atom is -0.340 e. The maximum absolute atomic E-state index is 12.4. The largest absolute Gasteiger partial charge is 0.340 e. The molecule has 1 aliphatic heterocycles. The van der Waals surface area contributed by atoms with Crippen molar-refractivity contribution in [2.75, 3.05) is 5.32 Å². The van der Waals surface area contributed by atoms with E-state index < -0.39 is 40.3 Å². The lowest BCUT2D eigenvalue weighted by molar-refractivity contribution is -0.385. The van der Waals surface area contributed by atoms with Crippen LogP contribution in [0.1, 0.15) is 30.1 Å². The van der Waals surface area contributed by atoms with Crippen molar-refractivity contribution in [3.8, 4) is 0 Å². The number of nitro groups is 1. The summed E-state index contributed by atoms with van der Waals surface area (Å²) in [5, 5.41) is 17.9. The molecule has 10 nitrogen and oxygen atoms in total. The predicted octanol–water partition coefficient (Wildman–Crippen LogP) is 0.0882. The van der Waals surface area contributed by atoms with Gasteiger partial charge in [-0.15, -0.1) is 0 Å². The van der Waals surface area contributed by atoms with Crippen LogP contribution in [0.15, 0.2) is 18.2 Å². The summed E-state index contributed by atoms with van der Waals surface area (Å²) < 4.78 is 0. The molecule has 3 N–H and O–H groups in total. The second-order valence-corrected chi connectivity index (χ2v) is 5.12. The Bertz CT molecular complexity index is 745. The van der Waals surface area contributed by atoms with Crippen molar-refractivity contribution in [3.05, 3.63) is 33.9 Å². The van der Waals surface area contributed by atoms with Gasteiger partial charge in [0.2, 0.25) is 17.7 Å². The number of hydrogen-bond donors (Lipinski definition) is 3. The van der Waals surface area contributed by atoms with E-state index in [1.54, 1.807) is 0 Å². The quantitative estimate of drug-likeness (QED) is 0.404. The lowest BCUT2D eigenvalue weighted by Crippen LogP contribution is -2.52. The van der Waals surface area contributed by atoms with Crippen LogP contribution in [0, 0.1) is 10.1 Å². The highest BCUT2D eigenvalue weighted by Gasteiger charge is 2.31. The fourth-order valence-corrected chi connectivity index (χ4v) is 2.29. The Kier molecular flexibility index (Phi) is 4.87. The summed E-state index contributed by atoms with van der Waals surface area (Å²) in [4.78, 5) is 56.9. The molecule has 126 valence electrons. The van der Waals surface area contributed by atoms with Crippen LogP contribution in [-0.2, 0) is 14.4 Å². The van der Waals surface area contributed by atoms with Crippen molar-refractivity contribution in [1.82, 2.24) is 10.6 Å². The second-order valence-electron chi connectivity index (χ2n) is 5.12. The first-order chi connectivity index (χ1) is 11.3. The topological polar surface area (TPSA) is 148 Å². The molecular formula is C14H14N4O6. The van der Waals surface area contributed by atoms with E-state index in [0.717, 1.165) is 6.07 Å². The zero-order chi connectivity index (χ0) is 17.9. The minimum atomic E-state index is -0.986. The summed E-state index contributed by atoms with van der Waals surface area (Å²) in [6.07, 6.45) is 0.138. The van der Waals surface area contributed by atoms with Gasteiger partial charge in [-0.05, 0) is 12.5 Å². The predicted molar refractivity (Wildman–Crippen MR) is 81.0 cm³/mol. The summed E-state index contributed by atoms with van der Waals surface area (Å²) >= 11 is 0. The molecule has 1 aromatic rings. The van der Waals surface area contributed by atoms with Gasteiger partial charge in [0.1, 0.15) is 11.6 Å². The zero-order valence-electron chi connectivity index (χ0n) is 12.6. The van der Waals surface area contributed by atoms with Gasteiger partial charge in [-0.25, -0.2) is 0 Å². The first kappa shape index (κ1) is 17.1. The van der Waals surface area contributed by atoms with E-state index in [1.165, 1.54) is 19.1 Å². The molecule has 0 unspecified atom stereocenters. The number of rotatable bonds is 4. The summed E-state index contributed by atoms with van der Waals surface area (Å²) in [6.45, 7) is 1.20. The molecule has 0 spiro atoms. The van der Waals surface area contributed by atoms with Gasteiger partial charge < -0.3 is 10.6 Å². The Hall–Kier alpha value is -3.30. The molecule has 0 saturated carbocycles. The summed E-state index contributed by atoms with van der Waals surface area (Å²) in [6, 6.07) is 2.80. The number of benzene rings is 1. The maximum atomic E-state index is 12.4. The molecule has 10 heteroatoms. The van der Waals surface area contributed by atoms with Crippen LogP contribution in [0.4, 0.5) is 11.4 Å². The van der Waals surface area contributed by atoms with Gasteiger partial charge >= 0.3 is 0 Å². The number of amides is 4. The maximum Gasteiger partial charge on any atom is 0.284 e. The SMILES string of the molecule is CC(=O)Nc1cccc([N+](=O)[O-])c1C(=O)N[C@@H]1CCC(=O)NC1=O. The molecule has 0 aromatic heterocycles. The fraction of sp³-hybridized carbons (Fsp3) is 0.286. The Morgan fingerprint density at radius 1 is 1.33 bits per heavy atom. The van der Waals surface area contributed by atoms with Gasteiger partial charge in [0.15, 0.2) is 0 Å². The molecule has 0 aliphatic carbocycles. The van der Waals surface area contributed by atoms with Gasteiger partial charge in [0, 0.05) is 19.4 Å². The van der Waals surface area contributed by atoms with Crippen molar-refractivity contribution < 1.29 is 24.1 Å². The molecule has 0 radical (unpaired) electrons. The molecule has 1 aliphatic rings. The molecule has 4 amide bonds. The highest BCUT2D eigenvalue weighted by Crippen LogP contribution is 2.26. The van der Waals surface area contributed by atoms with E-state index in [-0.39, 0.29) is 24.1 Å². The van der Waals surface area contributed by atoms with E-state index in [2.05, 4.69) is 16.0 Å². The summed E-state index contributed by atoms with van der Waals surface area (Å²) in [7, 11) is 0. The summed E-state index contributed by atoms with van der Waals surface area (Å²) in [5.41, 5.74) is -0.907. The number of hydrogen-bond acceptors (Lipinski definition) is 6. The third-order valence-electron chi connectivity index (χ3n) is 3.32. The average molecular weight is 334 g/mol. The lowest BCUT2D eigenvalue weighted by Gasteiger charge is -2.22. The number of carbonyl (C=O) groups excluding carboxylic acids is 4.